The zero-order valence-electron chi connectivity index (χ0n) is 13.9. The van der Waals surface area contributed by atoms with Crippen molar-refractivity contribution in [2.75, 3.05) is 12.4 Å². The SMILES string of the molecule is O=C(COc1ccc([N+](=O)[O-])cc1)NN1C(=O)CSC1=Nc1ccccc1. The molecule has 1 fully saturated rings. The molecule has 0 bridgehead atoms. The molecule has 0 spiro atoms. The van der Waals surface area contributed by atoms with Gasteiger partial charge in [0.25, 0.3) is 17.5 Å². The number of amides is 2. The van der Waals surface area contributed by atoms with Crippen LogP contribution >= 0.6 is 11.8 Å². The number of non-ortho nitro benzene ring substituents is 1. The Morgan fingerprint density at radius 2 is 1.93 bits per heavy atom. The summed E-state index contributed by atoms with van der Waals surface area (Å²) in [5.41, 5.74) is 3.05. The predicted molar refractivity (Wildman–Crippen MR) is 99.6 cm³/mol. The van der Waals surface area contributed by atoms with Crippen LogP contribution in [0.15, 0.2) is 59.6 Å². The number of hydrogen-bond donors (Lipinski definition) is 1. The van der Waals surface area contributed by atoms with Crippen LogP contribution < -0.4 is 10.2 Å². The first-order chi connectivity index (χ1) is 13.0. The topological polar surface area (TPSA) is 114 Å². The third kappa shape index (κ3) is 4.82. The molecule has 0 aromatic heterocycles. The van der Waals surface area contributed by atoms with Gasteiger partial charge in [-0.2, -0.15) is 5.01 Å². The maximum absolute atomic E-state index is 12.1. The zero-order chi connectivity index (χ0) is 19.2. The van der Waals surface area contributed by atoms with Gasteiger partial charge in [-0.15, -0.1) is 0 Å². The van der Waals surface area contributed by atoms with Crippen molar-refractivity contribution in [3.8, 4) is 5.75 Å². The molecular formula is C17H14N4O5S. The highest BCUT2D eigenvalue weighted by Gasteiger charge is 2.30. The molecule has 2 aromatic rings. The van der Waals surface area contributed by atoms with Crippen LogP contribution in [0.1, 0.15) is 0 Å². The molecule has 1 aliphatic heterocycles. The first-order valence-corrected chi connectivity index (χ1v) is 8.78. The van der Waals surface area contributed by atoms with Gasteiger partial charge >= 0.3 is 0 Å². The van der Waals surface area contributed by atoms with Crippen LogP contribution in [0.5, 0.6) is 5.75 Å². The van der Waals surface area contributed by atoms with Crippen LogP contribution in [0.4, 0.5) is 11.4 Å². The Labute approximate surface area is 158 Å². The molecule has 0 saturated carbocycles. The Morgan fingerprint density at radius 3 is 2.59 bits per heavy atom. The van der Waals surface area contributed by atoms with E-state index in [1.807, 2.05) is 18.2 Å². The highest BCUT2D eigenvalue weighted by atomic mass is 32.2. The fraction of sp³-hybridized carbons (Fsp3) is 0.118. The fourth-order valence-corrected chi connectivity index (χ4v) is 2.97. The summed E-state index contributed by atoms with van der Waals surface area (Å²) >= 11 is 1.22. The number of ether oxygens (including phenoxy) is 1. The van der Waals surface area contributed by atoms with Crippen LogP contribution in [0.3, 0.4) is 0 Å². The number of hydrogen-bond acceptors (Lipinski definition) is 7. The number of amidine groups is 1. The van der Waals surface area contributed by atoms with E-state index in [-0.39, 0.29) is 24.0 Å². The summed E-state index contributed by atoms with van der Waals surface area (Å²) in [6, 6.07) is 14.4. The maximum atomic E-state index is 12.1. The van der Waals surface area contributed by atoms with E-state index in [9.17, 15) is 19.7 Å². The van der Waals surface area contributed by atoms with Crippen LogP contribution in [0.2, 0.25) is 0 Å². The minimum absolute atomic E-state index is 0.0757. The second kappa shape index (κ2) is 8.32. The lowest BCUT2D eigenvalue weighted by molar-refractivity contribution is -0.384. The van der Waals surface area contributed by atoms with Crippen molar-refractivity contribution >= 4 is 40.1 Å². The highest BCUT2D eigenvalue weighted by molar-refractivity contribution is 8.15. The average Bonchev–Trinajstić information content (AvgIpc) is 3.01. The number of carbonyl (C=O) groups excluding carboxylic acids is 2. The number of hydrazine groups is 1. The second-order valence-electron chi connectivity index (χ2n) is 5.32. The van der Waals surface area contributed by atoms with E-state index in [0.717, 1.165) is 5.01 Å². The van der Waals surface area contributed by atoms with Crippen LogP contribution in [-0.2, 0) is 9.59 Å². The number of nitro groups is 1. The van der Waals surface area contributed by atoms with Crippen molar-refractivity contribution in [1.29, 1.82) is 0 Å². The molecule has 3 rings (SSSR count). The largest absolute Gasteiger partial charge is 0.484 e. The van der Waals surface area contributed by atoms with E-state index in [0.29, 0.717) is 16.6 Å². The summed E-state index contributed by atoms with van der Waals surface area (Å²) < 4.78 is 5.28. The molecule has 138 valence electrons. The highest BCUT2D eigenvalue weighted by Crippen LogP contribution is 2.22. The van der Waals surface area contributed by atoms with E-state index in [4.69, 9.17) is 4.74 Å². The lowest BCUT2D eigenvalue weighted by atomic mass is 10.3. The predicted octanol–water partition coefficient (Wildman–Crippen LogP) is 2.27. The number of thioether (sulfide) groups is 1. The quantitative estimate of drug-likeness (QED) is 0.602. The lowest BCUT2D eigenvalue weighted by Gasteiger charge is -2.17. The molecule has 0 atom stereocenters. The summed E-state index contributed by atoms with van der Waals surface area (Å²) in [5, 5.41) is 12.1. The van der Waals surface area contributed by atoms with Gasteiger partial charge in [0.15, 0.2) is 11.8 Å². The Morgan fingerprint density at radius 1 is 1.22 bits per heavy atom. The molecule has 0 aliphatic carbocycles. The van der Waals surface area contributed by atoms with Gasteiger partial charge in [-0.05, 0) is 24.3 Å². The Hall–Kier alpha value is -3.40. The van der Waals surface area contributed by atoms with Crippen LogP contribution in [0, 0.1) is 10.1 Å². The Kier molecular flexibility index (Phi) is 5.67. The van der Waals surface area contributed by atoms with Gasteiger partial charge in [0.2, 0.25) is 0 Å². The smallest absolute Gasteiger partial charge is 0.276 e. The first-order valence-electron chi connectivity index (χ1n) is 7.79. The van der Waals surface area contributed by atoms with Crippen molar-refractivity contribution in [3.05, 3.63) is 64.7 Å². The number of rotatable bonds is 6. The monoisotopic (exact) mass is 386 g/mol. The van der Waals surface area contributed by atoms with Gasteiger partial charge in [0, 0.05) is 12.1 Å². The van der Waals surface area contributed by atoms with Gasteiger partial charge in [-0.3, -0.25) is 25.1 Å². The number of nitrogens with zero attached hydrogens (tertiary/aromatic N) is 3. The molecule has 9 nitrogen and oxygen atoms in total. The number of nitro benzene ring substituents is 1. The number of carbonyl (C=O) groups is 2. The Balaban J connectivity index is 1.59. The van der Waals surface area contributed by atoms with E-state index in [1.54, 1.807) is 12.1 Å². The number of nitrogens with one attached hydrogen (secondary N) is 1. The van der Waals surface area contributed by atoms with Gasteiger partial charge in [-0.25, -0.2) is 4.99 Å². The van der Waals surface area contributed by atoms with E-state index in [1.165, 1.54) is 36.0 Å². The third-order valence-corrected chi connectivity index (χ3v) is 4.32. The second-order valence-corrected chi connectivity index (χ2v) is 6.26. The minimum atomic E-state index is -0.551. The summed E-state index contributed by atoms with van der Waals surface area (Å²) in [6.45, 7) is -0.356. The standard InChI is InChI=1S/C17H14N4O5S/c22-15(10-26-14-8-6-13(7-9-14)21(24)25)19-20-16(23)11-27-17(20)18-12-4-2-1-3-5-12/h1-9H,10-11H2,(H,19,22). The molecule has 0 unspecified atom stereocenters. The molecule has 27 heavy (non-hydrogen) atoms. The molecule has 1 heterocycles. The van der Waals surface area contributed by atoms with Crippen molar-refractivity contribution in [1.82, 2.24) is 10.4 Å². The molecule has 1 aliphatic rings. The van der Waals surface area contributed by atoms with E-state index in [2.05, 4.69) is 10.4 Å². The van der Waals surface area contributed by atoms with E-state index < -0.39 is 10.8 Å². The molecule has 10 heteroatoms. The number of benzene rings is 2. The van der Waals surface area contributed by atoms with Crippen molar-refractivity contribution in [3.63, 3.8) is 0 Å². The Bertz CT molecular complexity index is 886. The van der Waals surface area contributed by atoms with Gasteiger partial charge in [0.1, 0.15) is 5.75 Å². The van der Waals surface area contributed by atoms with Crippen LogP contribution in [-0.4, -0.2) is 39.3 Å². The lowest BCUT2D eigenvalue weighted by Crippen LogP contribution is -2.47. The molecule has 0 radical (unpaired) electrons. The molecule has 1 saturated heterocycles. The normalized spacial score (nSPS) is 15.0. The third-order valence-electron chi connectivity index (χ3n) is 3.40. The average molecular weight is 386 g/mol. The molecule has 2 amide bonds. The fourth-order valence-electron chi connectivity index (χ4n) is 2.14. The van der Waals surface area contributed by atoms with Gasteiger partial charge in [-0.1, -0.05) is 30.0 Å². The van der Waals surface area contributed by atoms with Crippen molar-refractivity contribution in [2.45, 2.75) is 0 Å². The first kappa shape index (κ1) is 18.4. The molecule has 2 aromatic carbocycles. The minimum Gasteiger partial charge on any atom is -0.484 e. The zero-order valence-corrected chi connectivity index (χ0v) is 14.7. The van der Waals surface area contributed by atoms with Crippen LogP contribution in [0.25, 0.3) is 0 Å². The summed E-state index contributed by atoms with van der Waals surface area (Å²) in [7, 11) is 0. The molecular weight excluding hydrogens is 372 g/mol. The van der Waals surface area contributed by atoms with Crippen molar-refractivity contribution in [2.24, 2.45) is 4.99 Å². The van der Waals surface area contributed by atoms with E-state index >= 15 is 0 Å². The number of para-hydroxylation sites is 1. The van der Waals surface area contributed by atoms with Gasteiger partial charge < -0.3 is 4.74 Å². The number of aliphatic imine (C=N–C) groups is 1. The molecule has 1 N–H and O–H groups in total. The van der Waals surface area contributed by atoms with Crippen molar-refractivity contribution < 1.29 is 19.2 Å². The summed E-state index contributed by atoms with van der Waals surface area (Å²) in [4.78, 5) is 38.5. The summed E-state index contributed by atoms with van der Waals surface area (Å²) in [6.07, 6.45) is 0. The maximum Gasteiger partial charge on any atom is 0.276 e. The van der Waals surface area contributed by atoms with Gasteiger partial charge in [0.05, 0.1) is 16.4 Å². The summed E-state index contributed by atoms with van der Waals surface area (Å²) in [5.74, 6) is -0.366.